The molecule has 0 fully saturated rings. The van der Waals surface area contributed by atoms with Gasteiger partial charge in [-0.05, 0) is 31.2 Å². The van der Waals surface area contributed by atoms with E-state index in [9.17, 15) is 24.9 Å². The number of hydrogen-bond donors (Lipinski definition) is 3. The Labute approximate surface area is 138 Å². The molecule has 0 aromatic heterocycles. The molecule has 0 saturated carbocycles. The van der Waals surface area contributed by atoms with Gasteiger partial charge in [0, 0.05) is 12.1 Å². The van der Waals surface area contributed by atoms with Crippen molar-refractivity contribution >= 4 is 17.4 Å². The summed E-state index contributed by atoms with van der Waals surface area (Å²) in [7, 11) is 0. The summed E-state index contributed by atoms with van der Waals surface area (Å²) >= 11 is 0. The minimum absolute atomic E-state index is 0.136. The number of anilines is 1. The number of para-hydroxylation sites is 1. The Morgan fingerprint density at radius 1 is 1.17 bits per heavy atom. The van der Waals surface area contributed by atoms with E-state index >= 15 is 0 Å². The maximum atomic E-state index is 12.6. The number of fused-ring (bicyclic) bond motifs is 1. The monoisotopic (exact) mass is 327 g/mol. The average molecular weight is 327 g/mol. The van der Waals surface area contributed by atoms with Crippen LogP contribution in [0.5, 0.6) is 11.5 Å². The van der Waals surface area contributed by atoms with Crippen molar-refractivity contribution < 1.29 is 24.9 Å². The quantitative estimate of drug-likeness (QED) is 0.589. The van der Waals surface area contributed by atoms with E-state index in [2.05, 4.69) is 0 Å². The Kier molecular flexibility index (Phi) is 3.77. The zero-order valence-corrected chi connectivity index (χ0v) is 13.1. The summed E-state index contributed by atoms with van der Waals surface area (Å²) in [4.78, 5) is 26.6. The maximum Gasteiger partial charge on any atom is 0.264 e. The number of nitrogens with zero attached hydrogens (tertiary/aromatic N) is 1. The Morgan fingerprint density at radius 2 is 1.88 bits per heavy atom. The van der Waals surface area contributed by atoms with Gasteiger partial charge in [0.2, 0.25) is 0 Å². The molecule has 1 atom stereocenters. The zero-order chi connectivity index (χ0) is 17.5. The van der Waals surface area contributed by atoms with Gasteiger partial charge in [-0.3, -0.25) is 9.59 Å². The molecule has 0 aliphatic carbocycles. The van der Waals surface area contributed by atoms with Gasteiger partial charge in [-0.2, -0.15) is 0 Å². The van der Waals surface area contributed by atoms with Gasteiger partial charge in [-0.1, -0.05) is 18.2 Å². The second kappa shape index (κ2) is 5.65. The van der Waals surface area contributed by atoms with E-state index in [1.54, 1.807) is 31.2 Å². The number of rotatable bonds is 4. The second-order valence-corrected chi connectivity index (χ2v) is 5.73. The van der Waals surface area contributed by atoms with E-state index in [1.165, 1.54) is 17.0 Å². The molecule has 1 aliphatic rings. The molecule has 3 rings (SSSR count). The third-order valence-corrected chi connectivity index (χ3v) is 4.25. The Balaban J connectivity index is 2.01. The highest BCUT2D eigenvalue weighted by molar-refractivity contribution is 6.11. The Bertz CT molecular complexity index is 832. The minimum Gasteiger partial charge on any atom is -0.508 e. The van der Waals surface area contributed by atoms with Gasteiger partial charge in [0.1, 0.15) is 11.5 Å². The normalized spacial score (nSPS) is 19.4. The lowest BCUT2D eigenvalue weighted by atomic mass is 9.88. The molecule has 6 nitrogen and oxygen atoms in total. The molecule has 1 aliphatic heterocycles. The average Bonchev–Trinajstić information content (AvgIpc) is 2.78. The van der Waals surface area contributed by atoms with Crippen LogP contribution in [0.2, 0.25) is 0 Å². The lowest BCUT2D eigenvalue weighted by molar-refractivity contribution is -0.135. The van der Waals surface area contributed by atoms with Gasteiger partial charge in [0.15, 0.2) is 11.4 Å². The van der Waals surface area contributed by atoms with Crippen molar-refractivity contribution in [3.63, 3.8) is 0 Å². The number of aliphatic hydroxyl groups is 1. The van der Waals surface area contributed by atoms with Crippen LogP contribution >= 0.6 is 0 Å². The molecule has 1 unspecified atom stereocenters. The zero-order valence-electron chi connectivity index (χ0n) is 13.1. The molecule has 6 heteroatoms. The first-order valence-corrected chi connectivity index (χ1v) is 7.57. The first kappa shape index (κ1) is 16.0. The van der Waals surface area contributed by atoms with Crippen LogP contribution in [-0.2, 0) is 10.4 Å². The fraction of sp³-hybridized carbons (Fsp3) is 0.222. The maximum absolute atomic E-state index is 12.6. The van der Waals surface area contributed by atoms with Gasteiger partial charge in [0.25, 0.3) is 5.91 Å². The molecule has 2 aromatic rings. The smallest absolute Gasteiger partial charge is 0.264 e. The largest absolute Gasteiger partial charge is 0.508 e. The number of Topliss-reactive ketones (excluding diaryl/α,β-unsaturated/α-hetero) is 1. The summed E-state index contributed by atoms with van der Waals surface area (Å²) in [5.74, 6) is -1.70. The van der Waals surface area contributed by atoms with Crippen molar-refractivity contribution in [3.8, 4) is 11.5 Å². The highest BCUT2D eigenvalue weighted by atomic mass is 16.3. The molecule has 0 spiro atoms. The van der Waals surface area contributed by atoms with Crippen LogP contribution in [0.4, 0.5) is 5.69 Å². The predicted octanol–water partition coefficient (Wildman–Crippen LogP) is 1.92. The number of hydrogen-bond acceptors (Lipinski definition) is 5. The van der Waals surface area contributed by atoms with E-state index in [-0.39, 0.29) is 17.1 Å². The third-order valence-electron chi connectivity index (χ3n) is 4.25. The van der Waals surface area contributed by atoms with Crippen LogP contribution in [0.1, 0.15) is 29.3 Å². The standard InChI is InChI=1S/C18H17NO5/c1-2-19-14-6-4-3-5-13(14)18(24,17(19)23)10-16(22)12-9-11(20)7-8-15(12)21/h3-9,20-21,24H,2,10H2,1H3. The molecule has 24 heavy (non-hydrogen) atoms. The summed E-state index contributed by atoms with van der Waals surface area (Å²) in [6.07, 6.45) is -0.518. The molecule has 1 amide bonds. The van der Waals surface area contributed by atoms with Gasteiger partial charge in [0.05, 0.1) is 17.7 Å². The fourth-order valence-corrected chi connectivity index (χ4v) is 3.07. The number of aromatic hydroxyl groups is 2. The van der Waals surface area contributed by atoms with Crippen molar-refractivity contribution in [2.75, 3.05) is 11.4 Å². The second-order valence-electron chi connectivity index (χ2n) is 5.73. The van der Waals surface area contributed by atoms with Crippen LogP contribution in [-0.4, -0.2) is 33.6 Å². The number of likely N-dealkylation sites (N-methyl/N-ethyl adjacent to an activating group) is 1. The van der Waals surface area contributed by atoms with Crippen LogP contribution in [0.3, 0.4) is 0 Å². The molecule has 3 N–H and O–H groups in total. The molecule has 124 valence electrons. The van der Waals surface area contributed by atoms with Crippen LogP contribution in [0, 0.1) is 0 Å². The minimum atomic E-state index is -1.98. The fourth-order valence-electron chi connectivity index (χ4n) is 3.07. The van der Waals surface area contributed by atoms with Gasteiger partial charge in [-0.15, -0.1) is 0 Å². The molecule has 1 heterocycles. The topological polar surface area (TPSA) is 98.1 Å². The van der Waals surface area contributed by atoms with Crippen molar-refractivity contribution in [1.82, 2.24) is 0 Å². The Morgan fingerprint density at radius 3 is 2.58 bits per heavy atom. The summed E-state index contributed by atoms with van der Waals surface area (Å²) in [6, 6.07) is 10.3. The van der Waals surface area contributed by atoms with Gasteiger partial charge in [-0.25, -0.2) is 0 Å². The van der Waals surface area contributed by atoms with Crippen molar-refractivity contribution in [2.45, 2.75) is 18.9 Å². The summed E-state index contributed by atoms with van der Waals surface area (Å²) in [5.41, 5.74) is -1.18. The number of phenolic OH excluding ortho intramolecular Hbond substituents is 2. The molecular formula is C18H17NO5. The van der Waals surface area contributed by atoms with Crippen LogP contribution in [0.25, 0.3) is 0 Å². The number of carbonyl (C=O) groups excluding carboxylic acids is 2. The third kappa shape index (κ3) is 2.32. The number of amides is 1. The van der Waals surface area contributed by atoms with E-state index in [0.29, 0.717) is 17.8 Å². The van der Waals surface area contributed by atoms with Gasteiger partial charge >= 0.3 is 0 Å². The van der Waals surface area contributed by atoms with Crippen molar-refractivity contribution in [3.05, 3.63) is 53.6 Å². The Hall–Kier alpha value is -2.86. The first-order valence-electron chi connectivity index (χ1n) is 7.57. The van der Waals surface area contributed by atoms with Crippen LogP contribution < -0.4 is 4.90 Å². The number of phenols is 2. The number of carbonyl (C=O) groups is 2. The molecule has 0 radical (unpaired) electrons. The van der Waals surface area contributed by atoms with Crippen molar-refractivity contribution in [1.29, 1.82) is 0 Å². The molecular weight excluding hydrogens is 310 g/mol. The summed E-state index contributed by atoms with van der Waals surface area (Å²) in [5, 5.41) is 30.3. The lowest BCUT2D eigenvalue weighted by Crippen LogP contribution is -2.41. The van der Waals surface area contributed by atoms with E-state index in [0.717, 1.165) is 6.07 Å². The van der Waals surface area contributed by atoms with Crippen LogP contribution in [0.15, 0.2) is 42.5 Å². The predicted molar refractivity (Wildman–Crippen MR) is 87.1 cm³/mol. The SMILES string of the molecule is CCN1C(=O)C(O)(CC(=O)c2cc(O)ccc2O)c2ccccc21. The molecule has 0 bridgehead atoms. The van der Waals surface area contributed by atoms with E-state index in [1.807, 2.05) is 0 Å². The summed E-state index contributed by atoms with van der Waals surface area (Å²) < 4.78 is 0. The number of benzene rings is 2. The van der Waals surface area contributed by atoms with E-state index < -0.39 is 23.7 Å². The van der Waals surface area contributed by atoms with Crippen molar-refractivity contribution in [2.24, 2.45) is 0 Å². The molecule has 0 saturated heterocycles. The summed E-state index contributed by atoms with van der Waals surface area (Å²) in [6.45, 7) is 2.15. The first-order chi connectivity index (χ1) is 11.4. The highest BCUT2D eigenvalue weighted by Crippen LogP contribution is 2.43. The molecule has 2 aromatic carbocycles. The highest BCUT2D eigenvalue weighted by Gasteiger charge is 2.50. The lowest BCUT2D eigenvalue weighted by Gasteiger charge is -2.22. The van der Waals surface area contributed by atoms with E-state index in [4.69, 9.17) is 0 Å². The number of ketones is 1. The van der Waals surface area contributed by atoms with Gasteiger partial charge < -0.3 is 20.2 Å².